The van der Waals surface area contributed by atoms with Crippen LogP contribution < -0.4 is 0 Å². The zero-order valence-corrected chi connectivity index (χ0v) is 9.50. The number of ether oxygens (including phenoxy) is 1. The van der Waals surface area contributed by atoms with E-state index in [0.29, 0.717) is 19.4 Å². The Morgan fingerprint density at radius 3 is 2.71 bits per heavy atom. The van der Waals surface area contributed by atoms with Gasteiger partial charge in [-0.1, -0.05) is 30.3 Å². The van der Waals surface area contributed by atoms with Gasteiger partial charge in [-0.2, -0.15) is 0 Å². The first kappa shape index (κ1) is 12.1. The fraction of sp³-hybridized carbons (Fsp3) is 0.462. The monoisotopic (exact) mass is 236 g/mol. The molecule has 1 aromatic rings. The number of rotatable bonds is 3. The van der Waals surface area contributed by atoms with Crippen LogP contribution in [0.3, 0.4) is 0 Å². The summed E-state index contributed by atoms with van der Waals surface area (Å²) in [5.41, 5.74) is -0.185. The lowest BCUT2D eigenvalue weighted by atomic mass is 9.73. The number of carboxylic acids is 1. The maximum Gasteiger partial charge on any atom is 0.312 e. The summed E-state index contributed by atoms with van der Waals surface area (Å²) in [6, 6.07) is 9.39. The predicted molar refractivity (Wildman–Crippen MR) is 61.7 cm³/mol. The van der Waals surface area contributed by atoms with Crippen LogP contribution in [0, 0.1) is 5.41 Å². The summed E-state index contributed by atoms with van der Waals surface area (Å²) in [5, 5.41) is 19.4. The topological polar surface area (TPSA) is 66.8 Å². The van der Waals surface area contributed by atoms with E-state index in [9.17, 15) is 15.0 Å². The van der Waals surface area contributed by atoms with Gasteiger partial charge >= 0.3 is 5.97 Å². The van der Waals surface area contributed by atoms with E-state index in [0.717, 1.165) is 5.56 Å². The number of aliphatic hydroxyl groups is 1. The molecule has 1 aliphatic heterocycles. The molecule has 0 bridgehead atoms. The van der Waals surface area contributed by atoms with Crippen molar-refractivity contribution in [1.29, 1.82) is 0 Å². The fourth-order valence-corrected chi connectivity index (χ4v) is 2.27. The van der Waals surface area contributed by atoms with Crippen molar-refractivity contribution in [2.45, 2.75) is 18.9 Å². The SMILES string of the molecule is O=C(O)C1(Cc2ccccc2)CCOCC1O. The lowest BCUT2D eigenvalue weighted by molar-refractivity contribution is -0.170. The van der Waals surface area contributed by atoms with Crippen molar-refractivity contribution >= 4 is 5.97 Å². The van der Waals surface area contributed by atoms with E-state index in [2.05, 4.69) is 0 Å². The summed E-state index contributed by atoms with van der Waals surface area (Å²) >= 11 is 0. The third-order valence-electron chi connectivity index (χ3n) is 3.39. The molecule has 4 heteroatoms. The quantitative estimate of drug-likeness (QED) is 0.824. The first-order chi connectivity index (χ1) is 8.15. The van der Waals surface area contributed by atoms with E-state index in [1.54, 1.807) is 0 Å². The Kier molecular flexibility index (Phi) is 3.45. The second kappa shape index (κ2) is 4.85. The van der Waals surface area contributed by atoms with Gasteiger partial charge in [0.05, 0.1) is 12.7 Å². The summed E-state index contributed by atoms with van der Waals surface area (Å²) in [6.45, 7) is 0.481. The van der Waals surface area contributed by atoms with Gasteiger partial charge in [-0.25, -0.2) is 0 Å². The Morgan fingerprint density at radius 1 is 1.41 bits per heavy atom. The van der Waals surface area contributed by atoms with Gasteiger partial charge in [0, 0.05) is 6.61 Å². The van der Waals surface area contributed by atoms with Crippen LogP contribution in [0.2, 0.25) is 0 Å². The summed E-state index contributed by atoms with van der Waals surface area (Å²) < 4.78 is 5.11. The van der Waals surface area contributed by atoms with E-state index in [1.807, 2.05) is 30.3 Å². The summed E-state index contributed by atoms with van der Waals surface area (Å²) in [4.78, 5) is 11.5. The minimum atomic E-state index is -1.11. The zero-order chi connectivity index (χ0) is 12.3. The largest absolute Gasteiger partial charge is 0.481 e. The zero-order valence-electron chi connectivity index (χ0n) is 9.50. The van der Waals surface area contributed by atoms with Gasteiger partial charge in [-0.05, 0) is 18.4 Å². The molecule has 1 saturated heterocycles. The molecule has 1 heterocycles. The van der Waals surface area contributed by atoms with E-state index >= 15 is 0 Å². The van der Waals surface area contributed by atoms with Gasteiger partial charge < -0.3 is 14.9 Å². The van der Waals surface area contributed by atoms with Gasteiger partial charge in [0.2, 0.25) is 0 Å². The molecule has 2 N–H and O–H groups in total. The van der Waals surface area contributed by atoms with Crippen molar-refractivity contribution in [3.05, 3.63) is 35.9 Å². The molecule has 17 heavy (non-hydrogen) atoms. The van der Waals surface area contributed by atoms with Crippen LogP contribution in [0.15, 0.2) is 30.3 Å². The summed E-state index contributed by atoms with van der Waals surface area (Å²) in [5.74, 6) is -0.947. The van der Waals surface area contributed by atoms with Crippen molar-refractivity contribution < 1.29 is 19.7 Å². The summed E-state index contributed by atoms with van der Waals surface area (Å²) in [6.07, 6.45) is -0.263. The lowest BCUT2D eigenvalue weighted by Gasteiger charge is -2.37. The number of hydrogen-bond acceptors (Lipinski definition) is 3. The highest BCUT2D eigenvalue weighted by Crippen LogP contribution is 2.35. The van der Waals surface area contributed by atoms with Crippen molar-refractivity contribution in [2.75, 3.05) is 13.2 Å². The fourth-order valence-electron chi connectivity index (χ4n) is 2.27. The normalized spacial score (nSPS) is 28.9. The maximum atomic E-state index is 11.5. The minimum absolute atomic E-state index is 0.0964. The van der Waals surface area contributed by atoms with Gasteiger partial charge in [0.25, 0.3) is 0 Å². The Hall–Kier alpha value is -1.39. The van der Waals surface area contributed by atoms with Crippen LogP contribution >= 0.6 is 0 Å². The molecule has 1 aromatic carbocycles. The molecule has 1 aliphatic rings. The number of aliphatic hydroxyl groups excluding tert-OH is 1. The Bertz CT molecular complexity index is 390. The van der Waals surface area contributed by atoms with Crippen LogP contribution in [0.5, 0.6) is 0 Å². The lowest BCUT2D eigenvalue weighted by Crippen LogP contribution is -2.50. The van der Waals surface area contributed by atoms with Crippen molar-refractivity contribution in [3.8, 4) is 0 Å². The highest BCUT2D eigenvalue weighted by atomic mass is 16.5. The maximum absolute atomic E-state index is 11.5. The van der Waals surface area contributed by atoms with E-state index in [1.165, 1.54) is 0 Å². The highest BCUT2D eigenvalue weighted by molar-refractivity contribution is 5.76. The van der Waals surface area contributed by atoms with E-state index in [4.69, 9.17) is 4.74 Å². The van der Waals surface area contributed by atoms with Gasteiger partial charge in [0.1, 0.15) is 5.41 Å². The molecular formula is C13H16O4. The molecule has 0 amide bonds. The molecule has 2 rings (SSSR count). The average Bonchev–Trinajstić information content (AvgIpc) is 2.33. The Morgan fingerprint density at radius 2 is 2.12 bits per heavy atom. The van der Waals surface area contributed by atoms with Gasteiger partial charge in [-0.3, -0.25) is 4.79 Å². The van der Waals surface area contributed by atoms with Crippen LogP contribution in [0.1, 0.15) is 12.0 Å². The molecule has 0 radical (unpaired) electrons. The highest BCUT2D eigenvalue weighted by Gasteiger charge is 2.47. The molecule has 1 fully saturated rings. The summed E-state index contributed by atoms with van der Waals surface area (Å²) in [7, 11) is 0. The molecule has 92 valence electrons. The van der Waals surface area contributed by atoms with Crippen molar-refractivity contribution in [3.63, 3.8) is 0 Å². The Labute approximate surface area is 99.8 Å². The average molecular weight is 236 g/mol. The number of hydrogen-bond donors (Lipinski definition) is 2. The first-order valence-corrected chi connectivity index (χ1v) is 5.68. The standard InChI is InChI=1S/C13H16O4/c14-11-9-17-7-6-13(11,12(15)16)8-10-4-2-1-3-5-10/h1-5,11,14H,6-9H2,(H,15,16). The molecule has 4 nitrogen and oxygen atoms in total. The second-order valence-electron chi connectivity index (χ2n) is 4.46. The predicted octanol–water partition coefficient (Wildman–Crippen LogP) is 1.08. The molecular weight excluding hydrogens is 220 g/mol. The molecule has 2 unspecified atom stereocenters. The second-order valence-corrected chi connectivity index (χ2v) is 4.46. The molecule has 0 saturated carbocycles. The van der Waals surface area contributed by atoms with Crippen LogP contribution in [-0.4, -0.2) is 35.5 Å². The van der Waals surface area contributed by atoms with Crippen LogP contribution in [0.4, 0.5) is 0 Å². The smallest absolute Gasteiger partial charge is 0.312 e. The van der Waals surface area contributed by atoms with Gasteiger partial charge in [0.15, 0.2) is 0 Å². The molecule has 0 spiro atoms. The van der Waals surface area contributed by atoms with E-state index in [-0.39, 0.29) is 6.61 Å². The third kappa shape index (κ3) is 2.33. The van der Waals surface area contributed by atoms with Crippen LogP contribution in [-0.2, 0) is 16.0 Å². The molecule has 2 atom stereocenters. The minimum Gasteiger partial charge on any atom is -0.481 e. The first-order valence-electron chi connectivity index (χ1n) is 5.68. The van der Waals surface area contributed by atoms with Crippen molar-refractivity contribution in [2.24, 2.45) is 5.41 Å². The molecule has 0 aliphatic carbocycles. The third-order valence-corrected chi connectivity index (χ3v) is 3.39. The van der Waals surface area contributed by atoms with E-state index < -0.39 is 17.5 Å². The van der Waals surface area contributed by atoms with Gasteiger partial charge in [-0.15, -0.1) is 0 Å². The Balaban J connectivity index is 2.25. The number of benzene rings is 1. The number of carbonyl (C=O) groups is 1. The number of carboxylic acid groups (broad SMARTS) is 1. The molecule has 0 aromatic heterocycles. The number of aliphatic carboxylic acids is 1. The van der Waals surface area contributed by atoms with Crippen molar-refractivity contribution in [1.82, 2.24) is 0 Å². The van der Waals surface area contributed by atoms with Crippen LogP contribution in [0.25, 0.3) is 0 Å².